The summed E-state index contributed by atoms with van der Waals surface area (Å²) in [6.45, 7) is 4.05. The maximum atomic E-state index is 6.09. The first-order valence-corrected chi connectivity index (χ1v) is 5.26. The molecule has 1 saturated carbocycles. The van der Waals surface area contributed by atoms with Crippen LogP contribution in [-0.4, -0.2) is 10.1 Å². The number of nitrogens with two attached hydrogens (primary N) is 1. The number of hydrogen-bond donors (Lipinski definition) is 1. The van der Waals surface area contributed by atoms with Crippen molar-refractivity contribution in [3.63, 3.8) is 0 Å². The Morgan fingerprint density at radius 3 is 2.86 bits per heavy atom. The number of aromatic nitrogens is 2. The highest BCUT2D eigenvalue weighted by molar-refractivity contribution is 5.07. The summed E-state index contributed by atoms with van der Waals surface area (Å²) in [6, 6.07) is 0. The van der Waals surface area contributed by atoms with Crippen LogP contribution in [0.3, 0.4) is 0 Å². The molecule has 1 atom stereocenters. The highest BCUT2D eigenvalue weighted by Crippen LogP contribution is 2.38. The molecule has 4 heteroatoms. The second-order valence-corrected chi connectivity index (χ2v) is 4.40. The van der Waals surface area contributed by atoms with E-state index in [-0.39, 0.29) is 0 Å². The summed E-state index contributed by atoms with van der Waals surface area (Å²) in [5.74, 6) is 1.96. The molecule has 1 unspecified atom stereocenters. The van der Waals surface area contributed by atoms with Crippen LogP contribution in [0.25, 0.3) is 0 Å². The van der Waals surface area contributed by atoms with Crippen LogP contribution in [0.5, 0.6) is 0 Å². The van der Waals surface area contributed by atoms with Crippen molar-refractivity contribution in [3.8, 4) is 0 Å². The van der Waals surface area contributed by atoms with Gasteiger partial charge in [0.05, 0.1) is 5.54 Å². The van der Waals surface area contributed by atoms with Crippen molar-refractivity contribution >= 4 is 0 Å². The lowest BCUT2D eigenvalue weighted by Gasteiger charge is -2.18. The predicted octanol–water partition coefficient (Wildman–Crippen LogP) is 1.92. The average Bonchev–Trinajstić information content (AvgIpc) is 2.83. The van der Waals surface area contributed by atoms with Crippen LogP contribution >= 0.6 is 0 Å². The first-order valence-electron chi connectivity index (χ1n) is 5.26. The van der Waals surface area contributed by atoms with Gasteiger partial charge in [-0.2, -0.15) is 4.98 Å². The van der Waals surface area contributed by atoms with Crippen molar-refractivity contribution in [2.45, 2.75) is 51.0 Å². The van der Waals surface area contributed by atoms with E-state index in [1.807, 2.05) is 6.92 Å². The molecule has 1 aromatic heterocycles. The smallest absolute Gasteiger partial charge is 0.246 e. The van der Waals surface area contributed by atoms with Crippen molar-refractivity contribution in [1.82, 2.24) is 10.1 Å². The van der Waals surface area contributed by atoms with Gasteiger partial charge in [0, 0.05) is 5.92 Å². The van der Waals surface area contributed by atoms with Crippen LogP contribution in [-0.2, 0) is 5.54 Å². The molecule has 1 aromatic rings. The maximum absolute atomic E-state index is 6.09. The van der Waals surface area contributed by atoms with Crippen LogP contribution in [0, 0.1) is 0 Å². The molecule has 0 aromatic carbocycles. The third-order valence-electron chi connectivity index (χ3n) is 2.64. The number of hydrogen-bond acceptors (Lipinski definition) is 4. The molecule has 0 spiro atoms. The summed E-state index contributed by atoms with van der Waals surface area (Å²) in [6.07, 6.45) is 4.27. The molecule has 78 valence electrons. The Morgan fingerprint density at radius 1 is 1.57 bits per heavy atom. The molecule has 0 radical (unpaired) electrons. The van der Waals surface area contributed by atoms with Crippen molar-refractivity contribution in [2.75, 3.05) is 0 Å². The van der Waals surface area contributed by atoms with Crippen LogP contribution in [0.15, 0.2) is 4.52 Å². The number of nitrogens with zero attached hydrogens (tertiary/aromatic N) is 2. The first-order chi connectivity index (χ1) is 6.63. The maximum Gasteiger partial charge on any atom is 0.246 e. The average molecular weight is 195 g/mol. The monoisotopic (exact) mass is 195 g/mol. The minimum atomic E-state index is -0.463. The van der Waals surface area contributed by atoms with Gasteiger partial charge in [-0.1, -0.05) is 18.5 Å². The molecule has 1 fully saturated rings. The molecular formula is C10H17N3O. The summed E-state index contributed by atoms with van der Waals surface area (Å²) < 4.78 is 5.20. The fourth-order valence-electron chi connectivity index (χ4n) is 1.60. The zero-order valence-corrected chi connectivity index (χ0v) is 8.79. The van der Waals surface area contributed by atoms with Gasteiger partial charge in [-0.05, 0) is 26.2 Å². The van der Waals surface area contributed by atoms with Gasteiger partial charge in [0.2, 0.25) is 5.89 Å². The fourth-order valence-corrected chi connectivity index (χ4v) is 1.60. The van der Waals surface area contributed by atoms with Gasteiger partial charge >= 0.3 is 0 Å². The summed E-state index contributed by atoms with van der Waals surface area (Å²) >= 11 is 0. The Balaban J connectivity index is 2.14. The Bertz CT molecular complexity index is 315. The summed E-state index contributed by atoms with van der Waals surface area (Å²) in [4.78, 5) is 4.36. The van der Waals surface area contributed by atoms with E-state index in [1.165, 1.54) is 12.8 Å². The minimum Gasteiger partial charge on any atom is -0.337 e. The lowest BCUT2D eigenvalue weighted by molar-refractivity contribution is 0.282. The highest BCUT2D eigenvalue weighted by atomic mass is 16.5. The second kappa shape index (κ2) is 3.35. The van der Waals surface area contributed by atoms with E-state index in [9.17, 15) is 0 Å². The standard InChI is InChI=1S/C10H17N3O/c1-3-6-10(2,11)9-12-8(13-14-9)7-4-5-7/h7H,3-6,11H2,1-2H3. The fraction of sp³-hybridized carbons (Fsp3) is 0.800. The molecule has 1 heterocycles. The topological polar surface area (TPSA) is 64.9 Å². The molecule has 14 heavy (non-hydrogen) atoms. The normalized spacial score (nSPS) is 20.8. The molecule has 2 rings (SSSR count). The zero-order chi connectivity index (χ0) is 10.2. The van der Waals surface area contributed by atoms with Crippen molar-refractivity contribution in [1.29, 1.82) is 0 Å². The number of rotatable bonds is 4. The van der Waals surface area contributed by atoms with Crippen molar-refractivity contribution in [3.05, 3.63) is 11.7 Å². The van der Waals surface area contributed by atoms with E-state index >= 15 is 0 Å². The summed E-state index contributed by atoms with van der Waals surface area (Å²) in [5.41, 5.74) is 5.62. The van der Waals surface area contributed by atoms with Crippen LogP contribution in [0.2, 0.25) is 0 Å². The molecular weight excluding hydrogens is 178 g/mol. The van der Waals surface area contributed by atoms with Gasteiger partial charge in [0.25, 0.3) is 0 Å². The van der Waals surface area contributed by atoms with Gasteiger partial charge in [0.15, 0.2) is 5.82 Å². The van der Waals surface area contributed by atoms with Crippen molar-refractivity contribution < 1.29 is 4.52 Å². The van der Waals surface area contributed by atoms with Crippen LogP contribution in [0.4, 0.5) is 0 Å². The lowest BCUT2D eigenvalue weighted by Crippen LogP contribution is -2.33. The third-order valence-corrected chi connectivity index (χ3v) is 2.64. The van der Waals surface area contributed by atoms with E-state index in [1.54, 1.807) is 0 Å². The predicted molar refractivity (Wildman–Crippen MR) is 52.7 cm³/mol. The SMILES string of the molecule is CCCC(C)(N)c1nc(C2CC2)no1. The Labute approximate surface area is 83.9 Å². The molecule has 0 saturated heterocycles. The Hall–Kier alpha value is -0.900. The zero-order valence-electron chi connectivity index (χ0n) is 8.79. The van der Waals surface area contributed by atoms with Gasteiger partial charge in [-0.15, -0.1) is 0 Å². The molecule has 1 aliphatic rings. The van der Waals surface area contributed by atoms with Crippen LogP contribution in [0.1, 0.15) is 57.2 Å². The van der Waals surface area contributed by atoms with Gasteiger partial charge in [0.1, 0.15) is 0 Å². The molecule has 0 amide bonds. The quantitative estimate of drug-likeness (QED) is 0.797. The Kier molecular flexibility index (Phi) is 2.31. The van der Waals surface area contributed by atoms with Gasteiger partial charge in [-0.25, -0.2) is 0 Å². The van der Waals surface area contributed by atoms with Crippen molar-refractivity contribution in [2.24, 2.45) is 5.73 Å². The van der Waals surface area contributed by atoms with Gasteiger partial charge in [-0.3, -0.25) is 0 Å². The minimum absolute atomic E-state index is 0.463. The molecule has 1 aliphatic carbocycles. The summed E-state index contributed by atoms with van der Waals surface area (Å²) in [7, 11) is 0. The van der Waals surface area contributed by atoms with E-state index in [0.29, 0.717) is 11.8 Å². The van der Waals surface area contributed by atoms with E-state index in [2.05, 4.69) is 17.1 Å². The largest absolute Gasteiger partial charge is 0.337 e. The Morgan fingerprint density at radius 2 is 2.29 bits per heavy atom. The lowest BCUT2D eigenvalue weighted by atomic mass is 9.98. The summed E-state index contributed by atoms with van der Waals surface area (Å²) in [5, 5.41) is 3.96. The molecule has 0 bridgehead atoms. The first kappa shape index (κ1) is 9.65. The van der Waals surface area contributed by atoms with Gasteiger partial charge < -0.3 is 10.3 Å². The van der Waals surface area contributed by atoms with E-state index in [4.69, 9.17) is 10.3 Å². The highest BCUT2D eigenvalue weighted by Gasteiger charge is 2.32. The van der Waals surface area contributed by atoms with E-state index < -0.39 is 5.54 Å². The molecule has 2 N–H and O–H groups in total. The second-order valence-electron chi connectivity index (χ2n) is 4.40. The third kappa shape index (κ3) is 1.80. The molecule has 4 nitrogen and oxygen atoms in total. The molecule has 0 aliphatic heterocycles. The van der Waals surface area contributed by atoms with Crippen LogP contribution < -0.4 is 5.73 Å². The van der Waals surface area contributed by atoms with E-state index in [0.717, 1.165) is 18.7 Å².